The summed E-state index contributed by atoms with van der Waals surface area (Å²) in [4.78, 5) is 70.2. The van der Waals surface area contributed by atoms with Gasteiger partial charge in [0.1, 0.15) is 19.3 Å². The summed E-state index contributed by atoms with van der Waals surface area (Å²) in [7, 11) is 0. The van der Waals surface area contributed by atoms with Crippen LogP contribution in [-0.4, -0.2) is 132 Å². The molecule has 0 aromatic carbocycles. The molecule has 1 atom stereocenters. The van der Waals surface area contributed by atoms with Crippen molar-refractivity contribution < 1.29 is 52.8 Å². The average molecular weight is 677 g/mol. The molecule has 0 heterocycles. The number of amides is 5. The van der Waals surface area contributed by atoms with Crippen LogP contribution in [-0.2, 0) is 47.7 Å². The number of hydrogen-bond acceptors (Lipinski definition) is 11. The molecule has 0 aliphatic rings. The Morgan fingerprint density at radius 1 is 0.574 bits per heavy atom. The van der Waals surface area contributed by atoms with E-state index in [1.54, 1.807) is 0 Å². The molecule has 0 aliphatic heterocycles. The molecule has 0 saturated carbocycles. The summed E-state index contributed by atoms with van der Waals surface area (Å²) < 4.78 is 21.2. The Balaban J connectivity index is 3.59. The zero-order chi connectivity index (χ0) is 35.0. The number of nitrogens with one attached hydrogen (secondary N) is 5. The molecule has 0 fully saturated rings. The van der Waals surface area contributed by atoms with Crippen LogP contribution in [0.5, 0.6) is 0 Å². The van der Waals surface area contributed by atoms with Gasteiger partial charge in [0.25, 0.3) is 0 Å². The van der Waals surface area contributed by atoms with Crippen molar-refractivity contribution in [1.29, 1.82) is 0 Å². The van der Waals surface area contributed by atoms with Crippen molar-refractivity contribution in [3.05, 3.63) is 0 Å². The number of unbranched alkanes of at least 4 members (excludes halogenated alkanes) is 2. The third-order valence-electron chi connectivity index (χ3n) is 6.25. The predicted molar refractivity (Wildman–Crippen MR) is 171 cm³/mol. The molecule has 0 aliphatic carbocycles. The minimum absolute atomic E-state index is 0.00556. The highest BCUT2D eigenvalue weighted by Gasteiger charge is 2.20. The minimum Gasteiger partial charge on any atom is -0.480 e. The molecule has 0 radical (unpaired) electrons. The molecule has 0 saturated heterocycles. The van der Waals surface area contributed by atoms with E-state index in [0.29, 0.717) is 45.7 Å². The maximum absolute atomic E-state index is 12.0. The van der Waals surface area contributed by atoms with Gasteiger partial charge in [-0.2, -0.15) is 0 Å². The molecule has 0 aromatic rings. The van der Waals surface area contributed by atoms with Crippen molar-refractivity contribution in [2.45, 2.75) is 70.8 Å². The van der Waals surface area contributed by atoms with Gasteiger partial charge in [0.2, 0.25) is 29.5 Å². The molecule has 17 nitrogen and oxygen atoms in total. The first-order valence-corrected chi connectivity index (χ1v) is 16.3. The second-order valence-electron chi connectivity index (χ2n) is 10.4. The predicted octanol–water partition coefficient (Wildman–Crippen LogP) is -1.42. The van der Waals surface area contributed by atoms with E-state index in [9.17, 15) is 33.9 Å². The van der Waals surface area contributed by atoms with Gasteiger partial charge in [-0.1, -0.05) is 19.8 Å². The van der Waals surface area contributed by atoms with Crippen molar-refractivity contribution >= 4 is 35.5 Å². The molecule has 0 rings (SSSR count). The van der Waals surface area contributed by atoms with Gasteiger partial charge < -0.3 is 56.4 Å². The zero-order valence-corrected chi connectivity index (χ0v) is 27.7. The van der Waals surface area contributed by atoms with E-state index >= 15 is 0 Å². The second-order valence-corrected chi connectivity index (χ2v) is 10.4. The number of nitrogens with two attached hydrogens (primary N) is 1. The molecular formula is C30H56N6O11. The van der Waals surface area contributed by atoms with E-state index in [4.69, 9.17) is 24.7 Å². The average Bonchev–Trinajstić information content (AvgIpc) is 3.04. The Morgan fingerprint density at radius 2 is 1.06 bits per heavy atom. The summed E-state index contributed by atoms with van der Waals surface area (Å²) in [5.74, 6) is -2.66. The van der Waals surface area contributed by atoms with Crippen LogP contribution in [0.15, 0.2) is 0 Å². The van der Waals surface area contributed by atoms with Crippen molar-refractivity contribution in [3.63, 3.8) is 0 Å². The monoisotopic (exact) mass is 676 g/mol. The van der Waals surface area contributed by atoms with Crippen molar-refractivity contribution in [1.82, 2.24) is 26.6 Å². The van der Waals surface area contributed by atoms with Crippen LogP contribution in [0.1, 0.15) is 64.7 Å². The van der Waals surface area contributed by atoms with Crippen molar-refractivity contribution in [2.24, 2.45) is 5.73 Å². The van der Waals surface area contributed by atoms with Gasteiger partial charge in [-0.05, 0) is 32.2 Å². The fourth-order valence-corrected chi connectivity index (χ4v) is 3.72. The number of carbonyl (C=O) groups is 6. The van der Waals surface area contributed by atoms with Gasteiger partial charge >= 0.3 is 5.97 Å². The lowest BCUT2D eigenvalue weighted by molar-refractivity contribution is -0.142. The van der Waals surface area contributed by atoms with Crippen LogP contribution < -0.4 is 32.3 Å². The van der Waals surface area contributed by atoms with Crippen molar-refractivity contribution in [2.75, 3.05) is 85.6 Å². The van der Waals surface area contributed by atoms with Gasteiger partial charge in [-0.15, -0.1) is 0 Å². The van der Waals surface area contributed by atoms with Crippen LogP contribution in [0.3, 0.4) is 0 Å². The lowest BCUT2D eigenvalue weighted by atomic mass is 10.1. The molecule has 47 heavy (non-hydrogen) atoms. The van der Waals surface area contributed by atoms with Crippen molar-refractivity contribution in [3.8, 4) is 0 Å². The number of hydrogen-bond donors (Lipinski definition) is 7. The lowest BCUT2D eigenvalue weighted by Gasteiger charge is -2.14. The molecule has 0 spiro atoms. The van der Waals surface area contributed by atoms with E-state index < -0.39 is 17.9 Å². The van der Waals surface area contributed by atoms with Gasteiger partial charge in [0.05, 0.1) is 39.6 Å². The number of carboxylic acid groups (broad SMARTS) is 1. The maximum Gasteiger partial charge on any atom is 0.326 e. The fraction of sp³-hybridized carbons (Fsp3) is 0.800. The quantitative estimate of drug-likeness (QED) is 0.0406. The van der Waals surface area contributed by atoms with E-state index in [0.717, 1.165) is 19.3 Å². The molecule has 0 aromatic heterocycles. The first kappa shape index (κ1) is 43.6. The summed E-state index contributed by atoms with van der Waals surface area (Å²) >= 11 is 0. The highest BCUT2D eigenvalue weighted by Crippen LogP contribution is 2.00. The SMILES string of the molecule is CCCCCNC(=O)COCCOCCNC(=O)COCCOCCNC(=O)CCCNC(=O)CCC(NC(=O)CCCN)C(=O)O. The Labute approximate surface area is 277 Å². The lowest BCUT2D eigenvalue weighted by Crippen LogP contribution is -2.41. The summed E-state index contributed by atoms with van der Waals surface area (Å²) in [6, 6.07) is -1.16. The van der Waals surface area contributed by atoms with Crippen LogP contribution in [0.2, 0.25) is 0 Å². The largest absolute Gasteiger partial charge is 0.480 e. The molecule has 17 heteroatoms. The zero-order valence-electron chi connectivity index (χ0n) is 27.7. The summed E-state index contributed by atoms with van der Waals surface area (Å²) in [6.07, 6.45) is 4.14. The molecular weight excluding hydrogens is 620 g/mol. The molecule has 0 bridgehead atoms. The highest BCUT2D eigenvalue weighted by atomic mass is 16.5. The molecule has 5 amide bonds. The van der Waals surface area contributed by atoms with E-state index in [2.05, 4.69) is 33.5 Å². The maximum atomic E-state index is 12.0. The van der Waals surface area contributed by atoms with Gasteiger partial charge in [0.15, 0.2) is 0 Å². The van der Waals surface area contributed by atoms with E-state index in [-0.39, 0.29) is 102 Å². The Morgan fingerprint density at radius 3 is 1.64 bits per heavy atom. The summed E-state index contributed by atoms with van der Waals surface area (Å²) in [5.41, 5.74) is 5.33. The van der Waals surface area contributed by atoms with Gasteiger partial charge in [-0.25, -0.2) is 4.79 Å². The number of ether oxygens (including phenoxy) is 4. The molecule has 8 N–H and O–H groups in total. The highest BCUT2D eigenvalue weighted by molar-refractivity contribution is 5.84. The number of carbonyl (C=O) groups excluding carboxylic acids is 5. The second kappa shape index (κ2) is 31.2. The summed E-state index contributed by atoms with van der Waals surface area (Å²) in [6.45, 7) is 5.39. The van der Waals surface area contributed by atoms with Crippen LogP contribution >= 0.6 is 0 Å². The standard InChI is InChI=1S/C30H56N6O11/c1-2-3-4-12-33-28(40)22-46-20-19-45-17-15-35-29(41)23-47-21-18-44-16-14-34-25(37)8-6-13-32-26(38)10-9-24(30(42)43)36-27(39)7-5-11-31/h24H,2-23,31H2,1H3,(H,32,38)(H,33,40)(H,34,37)(H,35,41)(H,36,39)(H,42,43). The minimum atomic E-state index is -1.22. The van der Waals surface area contributed by atoms with Crippen LogP contribution in [0.4, 0.5) is 0 Å². The first-order valence-electron chi connectivity index (χ1n) is 16.3. The first-order chi connectivity index (χ1) is 22.7. The molecule has 1 unspecified atom stereocenters. The topological polar surface area (TPSA) is 246 Å². The Hall–Kier alpha value is -3.38. The normalized spacial score (nSPS) is 11.4. The summed E-state index contributed by atoms with van der Waals surface area (Å²) in [5, 5.41) is 22.4. The fourth-order valence-electron chi connectivity index (χ4n) is 3.72. The third kappa shape index (κ3) is 29.7. The Kier molecular flexibility index (Phi) is 29.0. The number of carboxylic acids is 1. The van der Waals surface area contributed by atoms with Crippen LogP contribution in [0.25, 0.3) is 0 Å². The number of rotatable bonds is 32. The van der Waals surface area contributed by atoms with Crippen LogP contribution in [0, 0.1) is 0 Å². The third-order valence-corrected chi connectivity index (χ3v) is 6.25. The van der Waals surface area contributed by atoms with E-state index in [1.807, 2.05) is 0 Å². The van der Waals surface area contributed by atoms with Gasteiger partial charge in [0, 0.05) is 45.4 Å². The molecule has 272 valence electrons. The smallest absolute Gasteiger partial charge is 0.326 e. The number of aliphatic carboxylic acids is 1. The van der Waals surface area contributed by atoms with Gasteiger partial charge in [-0.3, -0.25) is 24.0 Å². The Bertz CT molecular complexity index is 894. The van der Waals surface area contributed by atoms with E-state index in [1.165, 1.54) is 0 Å².